The van der Waals surface area contributed by atoms with E-state index in [2.05, 4.69) is 30.4 Å². The van der Waals surface area contributed by atoms with Crippen LogP contribution in [0.25, 0.3) is 22.3 Å². The first-order valence-electron chi connectivity index (χ1n) is 14.6. The van der Waals surface area contributed by atoms with Crippen molar-refractivity contribution in [2.24, 2.45) is 0 Å². The molecule has 2 saturated heterocycles. The van der Waals surface area contributed by atoms with Gasteiger partial charge in [0.1, 0.15) is 35.0 Å². The molecule has 7 rings (SSSR count). The molecule has 0 bridgehead atoms. The molecule has 0 spiro atoms. The number of benzene rings is 2. The maximum absolute atomic E-state index is 15.0. The van der Waals surface area contributed by atoms with Gasteiger partial charge in [0.15, 0.2) is 17.3 Å². The number of rotatable bonds is 7. The lowest BCUT2D eigenvalue weighted by Gasteiger charge is -2.32. The van der Waals surface area contributed by atoms with E-state index in [1.54, 1.807) is 0 Å². The van der Waals surface area contributed by atoms with E-state index in [4.69, 9.17) is 15.6 Å². The number of carbonyl (C=O) groups excluding carboxylic acids is 2. The van der Waals surface area contributed by atoms with Crippen LogP contribution in [0.2, 0.25) is 0 Å². The molecule has 45 heavy (non-hydrogen) atoms. The van der Waals surface area contributed by atoms with Crippen molar-refractivity contribution < 1.29 is 18.7 Å². The number of piperidine rings is 1. The van der Waals surface area contributed by atoms with Gasteiger partial charge in [-0.05, 0) is 49.2 Å². The van der Waals surface area contributed by atoms with Crippen LogP contribution in [-0.4, -0.2) is 66.4 Å². The summed E-state index contributed by atoms with van der Waals surface area (Å²) in [6.45, 7) is 1.74. The average molecular weight is 609 g/mol. The average Bonchev–Trinajstić information content (AvgIpc) is 3.44. The molecule has 5 heterocycles. The van der Waals surface area contributed by atoms with Crippen LogP contribution in [0.4, 0.5) is 20.8 Å². The second kappa shape index (κ2) is 11.9. The number of nitrogens with zero attached hydrogens (tertiary/aromatic N) is 8. The van der Waals surface area contributed by atoms with E-state index in [0.717, 1.165) is 24.2 Å². The highest BCUT2D eigenvalue weighted by Gasteiger charge is 2.29. The number of nitrogens with two attached hydrogens (primary N) is 1. The molecule has 3 amide bonds. The Bertz CT molecular complexity index is 1870. The first-order chi connectivity index (χ1) is 21.9. The van der Waals surface area contributed by atoms with E-state index < -0.39 is 11.8 Å². The van der Waals surface area contributed by atoms with Crippen molar-refractivity contribution in [1.29, 1.82) is 0 Å². The zero-order valence-electron chi connectivity index (χ0n) is 24.1. The zero-order valence-corrected chi connectivity index (χ0v) is 24.1. The molecule has 228 valence electrons. The molecule has 5 aromatic rings. The van der Waals surface area contributed by atoms with Crippen molar-refractivity contribution in [2.75, 3.05) is 30.3 Å². The van der Waals surface area contributed by atoms with Crippen LogP contribution in [0.5, 0.6) is 11.5 Å². The second-order valence-electron chi connectivity index (χ2n) is 10.9. The lowest BCUT2D eigenvalue weighted by molar-refractivity contribution is -0.120. The Morgan fingerprint density at radius 3 is 2.44 bits per heavy atom. The summed E-state index contributed by atoms with van der Waals surface area (Å²) in [6.07, 6.45) is 3.06. The highest BCUT2D eigenvalue weighted by atomic mass is 19.1. The third-order valence-corrected chi connectivity index (χ3v) is 8.04. The van der Waals surface area contributed by atoms with E-state index in [9.17, 15) is 9.59 Å². The molecule has 0 saturated carbocycles. The smallest absolute Gasteiger partial charge is 0.329 e. The number of aromatic nitrogens is 6. The molecular formula is C31H29FN10O3. The molecule has 14 heteroatoms. The van der Waals surface area contributed by atoms with E-state index in [0.29, 0.717) is 41.4 Å². The lowest BCUT2D eigenvalue weighted by atomic mass is 10.0. The van der Waals surface area contributed by atoms with Gasteiger partial charge in [-0.2, -0.15) is 5.10 Å². The minimum Gasteiger partial charge on any atom is -0.457 e. The van der Waals surface area contributed by atoms with E-state index in [-0.39, 0.29) is 43.0 Å². The van der Waals surface area contributed by atoms with Crippen LogP contribution in [-0.2, 0) is 11.3 Å². The van der Waals surface area contributed by atoms with Gasteiger partial charge < -0.3 is 10.5 Å². The number of imide groups is 1. The summed E-state index contributed by atoms with van der Waals surface area (Å²) in [6, 6.07) is 17.8. The Hall–Kier alpha value is -5.50. The van der Waals surface area contributed by atoms with Gasteiger partial charge in [0, 0.05) is 44.2 Å². The molecule has 2 aromatic carbocycles. The highest BCUT2D eigenvalue weighted by molar-refractivity contribution is 6.05. The molecular weight excluding hydrogens is 579 g/mol. The molecule has 0 atom stereocenters. The van der Waals surface area contributed by atoms with Crippen LogP contribution in [0, 0.1) is 5.82 Å². The fourth-order valence-corrected chi connectivity index (χ4v) is 5.70. The van der Waals surface area contributed by atoms with Crippen molar-refractivity contribution in [2.45, 2.75) is 31.8 Å². The Morgan fingerprint density at radius 2 is 1.71 bits per heavy atom. The summed E-state index contributed by atoms with van der Waals surface area (Å²) in [5.41, 5.74) is 8.75. The van der Waals surface area contributed by atoms with Gasteiger partial charge in [-0.1, -0.05) is 18.2 Å². The minimum absolute atomic E-state index is 0.0473. The fourth-order valence-electron chi connectivity index (χ4n) is 5.70. The fraction of sp³-hybridized carbons (Fsp3) is 0.258. The molecule has 3 N–H and O–H groups in total. The van der Waals surface area contributed by atoms with Crippen LogP contribution in [0.3, 0.4) is 0 Å². The maximum atomic E-state index is 15.0. The summed E-state index contributed by atoms with van der Waals surface area (Å²) >= 11 is 0. The first-order valence-corrected chi connectivity index (χ1v) is 14.6. The van der Waals surface area contributed by atoms with E-state index in [1.165, 1.54) is 17.3 Å². The quantitative estimate of drug-likeness (QED) is 0.276. The zero-order chi connectivity index (χ0) is 30.9. The Morgan fingerprint density at radius 1 is 0.956 bits per heavy atom. The predicted octanol–water partition coefficient (Wildman–Crippen LogP) is 4.08. The molecule has 2 aliphatic rings. The number of hydrogen-bond donors (Lipinski definition) is 2. The number of para-hydroxylation sites is 1. The molecule has 0 radical (unpaired) electrons. The normalized spacial score (nSPS) is 16.2. The van der Waals surface area contributed by atoms with Gasteiger partial charge in [-0.3, -0.25) is 19.9 Å². The van der Waals surface area contributed by atoms with Crippen molar-refractivity contribution in [3.05, 3.63) is 78.5 Å². The number of amides is 3. The number of carbonyl (C=O) groups is 2. The standard InChI is InChI=1S/C31H29FN10O3/c32-23-16-25(41-15-12-26(43)36-31(41)44)38-37-24(23)17-40-13-10-20(11-14-40)42-30-27(29(33)34-18-35-30)28(39-42)19-6-8-22(9-7-19)45-21-4-2-1-3-5-21/h1-9,16,18,20H,10-15,17H2,(H2,33,34,35)(H,36,43,44). The van der Waals surface area contributed by atoms with Gasteiger partial charge >= 0.3 is 6.03 Å². The third-order valence-electron chi connectivity index (χ3n) is 8.04. The minimum atomic E-state index is -0.634. The summed E-state index contributed by atoms with van der Waals surface area (Å²) in [5, 5.41) is 16.0. The number of halogens is 1. The van der Waals surface area contributed by atoms with Crippen LogP contribution in [0.15, 0.2) is 67.0 Å². The molecule has 2 aliphatic heterocycles. The number of nitrogen functional groups attached to an aromatic ring is 1. The number of fused-ring (bicyclic) bond motifs is 1. The second-order valence-corrected chi connectivity index (χ2v) is 10.9. The van der Waals surface area contributed by atoms with Crippen LogP contribution in [0.1, 0.15) is 31.0 Å². The largest absolute Gasteiger partial charge is 0.457 e. The number of likely N-dealkylation sites (tertiary alicyclic amines) is 1. The highest BCUT2D eigenvalue weighted by Crippen LogP contribution is 2.35. The maximum Gasteiger partial charge on any atom is 0.329 e. The number of hydrogen-bond acceptors (Lipinski definition) is 10. The third kappa shape index (κ3) is 5.74. The number of urea groups is 1. The van der Waals surface area contributed by atoms with Crippen LogP contribution < -0.4 is 20.7 Å². The van der Waals surface area contributed by atoms with Crippen molar-refractivity contribution >= 4 is 34.6 Å². The number of anilines is 2. The van der Waals surface area contributed by atoms with Gasteiger partial charge in [0.05, 0.1) is 11.4 Å². The Balaban J connectivity index is 1.05. The molecule has 2 fully saturated rings. The van der Waals surface area contributed by atoms with E-state index >= 15 is 4.39 Å². The molecule has 13 nitrogen and oxygen atoms in total. The summed E-state index contributed by atoms with van der Waals surface area (Å²) in [4.78, 5) is 35.6. The van der Waals surface area contributed by atoms with Crippen molar-refractivity contribution in [3.63, 3.8) is 0 Å². The van der Waals surface area contributed by atoms with Gasteiger partial charge in [0.25, 0.3) is 0 Å². The molecule has 0 aliphatic carbocycles. The van der Waals surface area contributed by atoms with Gasteiger partial charge in [-0.15, -0.1) is 10.2 Å². The molecule has 0 unspecified atom stereocenters. The SMILES string of the molecule is Nc1ncnc2c1c(-c1ccc(Oc3ccccc3)cc1)nn2C1CCN(Cc2nnc(N3CCC(=O)NC3=O)cc2F)CC1. The summed E-state index contributed by atoms with van der Waals surface area (Å²) in [5.74, 6) is 0.955. The Kier molecular flexibility index (Phi) is 7.47. The predicted molar refractivity (Wildman–Crippen MR) is 163 cm³/mol. The Labute approximate surface area is 256 Å². The number of nitrogens with one attached hydrogen (secondary N) is 1. The lowest BCUT2D eigenvalue weighted by Crippen LogP contribution is -2.50. The monoisotopic (exact) mass is 608 g/mol. The van der Waals surface area contributed by atoms with Crippen molar-refractivity contribution in [1.82, 2.24) is 40.2 Å². The van der Waals surface area contributed by atoms with Crippen molar-refractivity contribution in [3.8, 4) is 22.8 Å². The van der Waals surface area contributed by atoms with Gasteiger partial charge in [-0.25, -0.2) is 23.8 Å². The van der Waals surface area contributed by atoms with Crippen LogP contribution >= 0.6 is 0 Å². The van der Waals surface area contributed by atoms with E-state index in [1.807, 2.05) is 59.3 Å². The first kappa shape index (κ1) is 28.3. The topological polar surface area (TPSA) is 157 Å². The van der Waals surface area contributed by atoms with Gasteiger partial charge in [0.2, 0.25) is 5.91 Å². The summed E-state index contributed by atoms with van der Waals surface area (Å²) < 4.78 is 22.9. The molecule has 3 aromatic heterocycles. The number of ether oxygens (including phenoxy) is 1. The summed E-state index contributed by atoms with van der Waals surface area (Å²) in [7, 11) is 0.